The van der Waals surface area contributed by atoms with Crippen LogP contribution in [0.5, 0.6) is 5.88 Å². The van der Waals surface area contributed by atoms with E-state index in [1.165, 1.54) is 12.0 Å². The summed E-state index contributed by atoms with van der Waals surface area (Å²) < 4.78 is 5.92. The number of aryl methyl sites for hydroxylation is 2. The number of hydrogen-bond donors (Lipinski definition) is 0. The number of rotatable bonds is 4. The molecule has 0 unspecified atom stereocenters. The molecule has 0 N–H and O–H groups in total. The van der Waals surface area contributed by atoms with Crippen molar-refractivity contribution in [2.45, 2.75) is 39.2 Å². The Bertz CT molecular complexity index is 1010. The van der Waals surface area contributed by atoms with E-state index in [1.54, 1.807) is 12.1 Å². The van der Waals surface area contributed by atoms with Crippen molar-refractivity contribution in [2.75, 3.05) is 0 Å². The Morgan fingerprint density at radius 3 is 2.74 bits per heavy atom. The molecule has 1 aliphatic carbocycles. The molecule has 0 bridgehead atoms. The van der Waals surface area contributed by atoms with Gasteiger partial charge in [-0.3, -0.25) is 0 Å². The molecular weight excluding hydrogens is 338 g/mol. The minimum absolute atomic E-state index is 0.269. The minimum Gasteiger partial charge on any atom is -0.471 e. The molecule has 0 aliphatic heterocycles. The first-order valence-corrected chi connectivity index (χ1v) is 9.03. The molecule has 3 aromatic rings. The number of nitrogens with zero attached hydrogens (tertiary/aromatic N) is 5. The van der Waals surface area contributed by atoms with Gasteiger partial charge in [0, 0.05) is 29.7 Å². The zero-order valence-corrected chi connectivity index (χ0v) is 15.1. The summed E-state index contributed by atoms with van der Waals surface area (Å²) in [5.74, 6) is 1.32. The zero-order chi connectivity index (χ0) is 18.6. The van der Waals surface area contributed by atoms with Gasteiger partial charge in [0.25, 0.3) is 0 Å². The van der Waals surface area contributed by atoms with Crippen molar-refractivity contribution >= 4 is 0 Å². The van der Waals surface area contributed by atoms with Crippen molar-refractivity contribution in [1.29, 1.82) is 5.26 Å². The first kappa shape index (κ1) is 17.1. The van der Waals surface area contributed by atoms with Gasteiger partial charge in [-0.1, -0.05) is 6.07 Å². The first-order valence-electron chi connectivity index (χ1n) is 9.03. The SMILES string of the molecule is Cc1ncc(-c2cc(OCc3cccc(C#N)n3)nc3c2CCCC3)cn1. The standard InChI is InChI=1S/C21H19N5O/c1-14-23-11-15(12-24-14)19-9-21(26-20-8-3-2-7-18(19)20)27-13-17-6-4-5-16(10-22)25-17/h4-6,9,11-12H,2-3,7-8,13H2,1H3. The Morgan fingerprint density at radius 1 is 1.11 bits per heavy atom. The molecule has 0 aromatic carbocycles. The highest BCUT2D eigenvalue weighted by molar-refractivity contribution is 5.68. The van der Waals surface area contributed by atoms with Crippen LogP contribution >= 0.6 is 0 Å². The van der Waals surface area contributed by atoms with E-state index in [4.69, 9.17) is 15.0 Å². The van der Waals surface area contributed by atoms with Gasteiger partial charge in [0.2, 0.25) is 5.88 Å². The summed E-state index contributed by atoms with van der Waals surface area (Å²) in [7, 11) is 0. The lowest BCUT2D eigenvalue weighted by Gasteiger charge is -2.20. The summed E-state index contributed by atoms with van der Waals surface area (Å²) in [5.41, 5.74) is 5.52. The third-order valence-electron chi connectivity index (χ3n) is 4.66. The Morgan fingerprint density at radius 2 is 1.93 bits per heavy atom. The fourth-order valence-electron chi connectivity index (χ4n) is 3.31. The van der Waals surface area contributed by atoms with Gasteiger partial charge in [-0.05, 0) is 55.9 Å². The third-order valence-corrected chi connectivity index (χ3v) is 4.66. The second-order valence-electron chi connectivity index (χ2n) is 6.57. The summed E-state index contributed by atoms with van der Waals surface area (Å²) in [6, 6.07) is 9.33. The van der Waals surface area contributed by atoms with Gasteiger partial charge in [0.15, 0.2) is 0 Å². The van der Waals surface area contributed by atoms with Crippen LogP contribution in [0, 0.1) is 18.3 Å². The van der Waals surface area contributed by atoms with E-state index in [1.807, 2.05) is 37.5 Å². The van der Waals surface area contributed by atoms with Crippen molar-refractivity contribution in [3.8, 4) is 23.1 Å². The van der Waals surface area contributed by atoms with E-state index in [2.05, 4.69) is 15.0 Å². The maximum Gasteiger partial charge on any atom is 0.214 e. The van der Waals surface area contributed by atoms with E-state index in [0.29, 0.717) is 17.3 Å². The van der Waals surface area contributed by atoms with Crippen LogP contribution in [0.25, 0.3) is 11.1 Å². The quantitative estimate of drug-likeness (QED) is 0.710. The number of hydrogen-bond acceptors (Lipinski definition) is 6. The molecular formula is C21H19N5O. The lowest BCUT2D eigenvalue weighted by molar-refractivity contribution is 0.288. The number of pyridine rings is 2. The van der Waals surface area contributed by atoms with E-state index < -0.39 is 0 Å². The Hall–Kier alpha value is -3.33. The van der Waals surface area contributed by atoms with Gasteiger partial charge in [0.05, 0.1) is 5.69 Å². The van der Waals surface area contributed by atoms with Gasteiger partial charge in [-0.15, -0.1) is 0 Å². The van der Waals surface area contributed by atoms with E-state index >= 15 is 0 Å². The molecule has 0 amide bonds. The topological polar surface area (TPSA) is 84.6 Å². The van der Waals surface area contributed by atoms with Crippen molar-refractivity contribution in [2.24, 2.45) is 0 Å². The highest BCUT2D eigenvalue weighted by Crippen LogP contribution is 2.33. The predicted molar refractivity (Wildman–Crippen MR) is 99.9 cm³/mol. The average Bonchev–Trinajstić information content (AvgIpc) is 2.72. The predicted octanol–water partition coefficient (Wildman–Crippen LogP) is 3.57. The normalized spacial score (nSPS) is 12.9. The van der Waals surface area contributed by atoms with Crippen LogP contribution in [0.15, 0.2) is 36.7 Å². The molecule has 3 heterocycles. The second-order valence-corrected chi connectivity index (χ2v) is 6.57. The average molecular weight is 357 g/mol. The van der Waals surface area contributed by atoms with Crippen LogP contribution in [-0.4, -0.2) is 19.9 Å². The second kappa shape index (κ2) is 7.50. The molecule has 134 valence electrons. The molecule has 0 saturated carbocycles. The largest absolute Gasteiger partial charge is 0.471 e. The van der Waals surface area contributed by atoms with Crippen LogP contribution in [-0.2, 0) is 19.4 Å². The van der Waals surface area contributed by atoms with Gasteiger partial charge in [-0.25, -0.2) is 19.9 Å². The van der Waals surface area contributed by atoms with Crippen LogP contribution in [0.2, 0.25) is 0 Å². The molecule has 6 heteroatoms. The number of aromatic nitrogens is 4. The smallest absolute Gasteiger partial charge is 0.214 e. The van der Waals surface area contributed by atoms with E-state index in [0.717, 1.165) is 41.9 Å². The van der Waals surface area contributed by atoms with Gasteiger partial charge in [-0.2, -0.15) is 5.26 Å². The Kier molecular flexibility index (Phi) is 4.75. The Balaban J connectivity index is 1.66. The molecule has 4 rings (SSSR count). The van der Waals surface area contributed by atoms with Crippen LogP contribution in [0.3, 0.4) is 0 Å². The maximum absolute atomic E-state index is 8.98. The molecule has 0 atom stereocenters. The first-order chi connectivity index (χ1) is 13.2. The van der Waals surface area contributed by atoms with Crippen LogP contribution in [0.1, 0.15) is 41.3 Å². The zero-order valence-electron chi connectivity index (χ0n) is 15.1. The molecule has 1 aliphatic rings. The molecule has 0 radical (unpaired) electrons. The number of fused-ring (bicyclic) bond motifs is 1. The van der Waals surface area contributed by atoms with Gasteiger partial charge >= 0.3 is 0 Å². The van der Waals surface area contributed by atoms with Gasteiger partial charge < -0.3 is 4.74 Å². The highest BCUT2D eigenvalue weighted by atomic mass is 16.5. The fourth-order valence-corrected chi connectivity index (χ4v) is 3.31. The number of nitriles is 1. The highest BCUT2D eigenvalue weighted by Gasteiger charge is 2.18. The van der Waals surface area contributed by atoms with Crippen molar-refractivity contribution in [3.05, 3.63) is 65.1 Å². The number of ether oxygens (including phenoxy) is 1. The lowest BCUT2D eigenvalue weighted by atomic mass is 9.90. The molecule has 27 heavy (non-hydrogen) atoms. The monoisotopic (exact) mass is 357 g/mol. The van der Waals surface area contributed by atoms with E-state index in [9.17, 15) is 0 Å². The van der Waals surface area contributed by atoms with Crippen molar-refractivity contribution < 1.29 is 4.74 Å². The fraction of sp³-hybridized carbons (Fsp3) is 0.286. The molecule has 6 nitrogen and oxygen atoms in total. The minimum atomic E-state index is 0.269. The third kappa shape index (κ3) is 3.77. The van der Waals surface area contributed by atoms with Gasteiger partial charge in [0.1, 0.15) is 24.2 Å². The summed E-state index contributed by atoms with van der Waals surface area (Å²) in [6.07, 6.45) is 7.98. The summed E-state index contributed by atoms with van der Waals surface area (Å²) in [4.78, 5) is 17.6. The van der Waals surface area contributed by atoms with Crippen LogP contribution in [0.4, 0.5) is 0 Å². The summed E-state index contributed by atoms with van der Waals surface area (Å²) >= 11 is 0. The molecule has 0 saturated heterocycles. The van der Waals surface area contributed by atoms with Crippen LogP contribution < -0.4 is 4.74 Å². The molecule has 0 spiro atoms. The summed E-state index contributed by atoms with van der Waals surface area (Å²) in [5, 5.41) is 8.98. The van der Waals surface area contributed by atoms with E-state index in [-0.39, 0.29) is 6.61 Å². The Labute approximate surface area is 157 Å². The molecule has 0 fully saturated rings. The summed E-state index contributed by atoms with van der Waals surface area (Å²) in [6.45, 7) is 2.15. The maximum atomic E-state index is 8.98. The lowest BCUT2D eigenvalue weighted by Crippen LogP contribution is -2.10. The van der Waals surface area contributed by atoms with Crippen molar-refractivity contribution in [1.82, 2.24) is 19.9 Å². The molecule has 3 aromatic heterocycles. The van der Waals surface area contributed by atoms with Crippen molar-refractivity contribution in [3.63, 3.8) is 0 Å².